The maximum absolute atomic E-state index is 12.5. The van der Waals surface area contributed by atoms with E-state index in [1.807, 2.05) is 4.90 Å². The van der Waals surface area contributed by atoms with Crippen LogP contribution in [-0.2, 0) is 9.53 Å². The number of rotatable bonds is 3. The van der Waals surface area contributed by atoms with Crippen molar-refractivity contribution in [2.24, 2.45) is 5.92 Å². The third kappa shape index (κ3) is 2.81. The van der Waals surface area contributed by atoms with Crippen LogP contribution in [0.5, 0.6) is 0 Å². The molecule has 2 fully saturated rings. The van der Waals surface area contributed by atoms with E-state index in [9.17, 15) is 9.59 Å². The Morgan fingerprint density at radius 1 is 1.41 bits per heavy atom. The van der Waals surface area contributed by atoms with Gasteiger partial charge in [0.2, 0.25) is 5.91 Å². The SMILES string of the molecule is CC(C)CN1C(=O)CO[C@@H]2CN(C(=O)c3ccnnc3)C[C@H]21. The molecule has 3 rings (SSSR count). The third-order valence-electron chi connectivity index (χ3n) is 4.06. The number of fused-ring (bicyclic) bond motifs is 1. The average Bonchev–Trinajstić information content (AvgIpc) is 2.94. The van der Waals surface area contributed by atoms with Crippen molar-refractivity contribution in [1.29, 1.82) is 0 Å². The third-order valence-corrected chi connectivity index (χ3v) is 4.06. The normalized spacial score (nSPS) is 24.8. The van der Waals surface area contributed by atoms with Crippen LogP contribution in [0.1, 0.15) is 24.2 Å². The Morgan fingerprint density at radius 3 is 2.91 bits per heavy atom. The molecular weight excluding hydrogens is 284 g/mol. The molecule has 0 unspecified atom stereocenters. The summed E-state index contributed by atoms with van der Waals surface area (Å²) in [6.07, 6.45) is 2.86. The molecule has 0 saturated carbocycles. The summed E-state index contributed by atoms with van der Waals surface area (Å²) >= 11 is 0. The van der Waals surface area contributed by atoms with Gasteiger partial charge < -0.3 is 14.5 Å². The van der Waals surface area contributed by atoms with Gasteiger partial charge in [0, 0.05) is 19.6 Å². The van der Waals surface area contributed by atoms with E-state index in [-0.39, 0.29) is 30.6 Å². The molecule has 2 aliphatic heterocycles. The molecule has 0 aliphatic carbocycles. The molecule has 7 nitrogen and oxygen atoms in total. The maximum atomic E-state index is 12.5. The fourth-order valence-corrected chi connectivity index (χ4v) is 3.06. The summed E-state index contributed by atoms with van der Waals surface area (Å²) in [5.74, 6) is 0.302. The zero-order chi connectivity index (χ0) is 15.7. The Hall–Kier alpha value is -2.02. The number of carbonyl (C=O) groups is 2. The number of hydrogen-bond acceptors (Lipinski definition) is 5. The fourth-order valence-electron chi connectivity index (χ4n) is 3.06. The van der Waals surface area contributed by atoms with E-state index < -0.39 is 0 Å². The molecule has 2 atom stereocenters. The molecule has 0 aromatic carbocycles. The zero-order valence-electron chi connectivity index (χ0n) is 12.8. The molecule has 2 amide bonds. The molecule has 22 heavy (non-hydrogen) atoms. The quantitative estimate of drug-likeness (QED) is 0.796. The van der Waals surface area contributed by atoms with Crippen molar-refractivity contribution in [2.75, 3.05) is 26.2 Å². The van der Waals surface area contributed by atoms with E-state index in [1.165, 1.54) is 12.4 Å². The Balaban J connectivity index is 1.74. The van der Waals surface area contributed by atoms with Crippen molar-refractivity contribution in [3.05, 3.63) is 24.0 Å². The summed E-state index contributed by atoms with van der Waals surface area (Å²) in [4.78, 5) is 28.2. The van der Waals surface area contributed by atoms with Crippen molar-refractivity contribution in [2.45, 2.75) is 26.0 Å². The Bertz CT molecular complexity index is 563. The van der Waals surface area contributed by atoms with Gasteiger partial charge in [-0.2, -0.15) is 10.2 Å². The summed E-state index contributed by atoms with van der Waals surface area (Å²) in [6, 6.07) is 1.59. The van der Waals surface area contributed by atoms with Crippen LogP contribution in [0.15, 0.2) is 18.5 Å². The van der Waals surface area contributed by atoms with Crippen LogP contribution in [0, 0.1) is 5.92 Å². The summed E-state index contributed by atoms with van der Waals surface area (Å²) in [7, 11) is 0. The zero-order valence-corrected chi connectivity index (χ0v) is 12.8. The molecule has 7 heteroatoms. The van der Waals surface area contributed by atoms with Gasteiger partial charge in [-0.1, -0.05) is 13.8 Å². The molecule has 3 heterocycles. The fraction of sp³-hybridized carbons (Fsp3) is 0.600. The molecule has 118 valence electrons. The van der Waals surface area contributed by atoms with Gasteiger partial charge in [0.15, 0.2) is 0 Å². The van der Waals surface area contributed by atoms with Crippen molar-refractivity contribution in [1.82, 2.24) is 20.0 Å². The van der Waals surface area contributed by atoms with E-state index >= 15 is 0 Å². The van der Waals surface area contributed by atoms with E-state index in [1.54, 1.807) is 11.0 Å². The molecule has 1 aromatic heterocycles. The minimum Gasteiger partial charge on any atom is -0.364 e. The van der Waals surface area contributed by atoms with Gasteiger partial charge in [-0.25, -0.2) is 0 Å². The van der Waals surface area contributed by atoms with Crippen molar-refractivity contribution in [3.63, 3.8) is 0 Å². The van der Waals surface area contributed by atoms with E-state index in [4.69, 9.17) is 4.74 Å². The molecule has 2 aliphatic rings. The summed E-state index contributed by atoms with van der Waals surface area (Å²) in [5.41, 5.74) is 0.510. The smallest absolute Gasteiger partial charge is 0.255 e. The highest BCUT2D eigenvalue weighted by Crippen LogP contribution is 2.25. The molecule has 0 bridgehead atoms. The minimum atomic E-state index is -0.102. The molecule has 0 N–H and O–H groups in total. The second-order valence-corrected chi connectivity index (χ2v) is 6.20. The molecular formula is C15H20N4O3. The van der Waals surface area contributed by atoms with Gasteiger partial charge in [-0.15, -0.1) is 0 Å². The van der Waals surface area contributed by atoms with Crippen LogP contribution in [-0.4, -0.2) is 70.2 Å². The summed E-state index contributed by atoms with van der Waals surface area (Å²) in [5, 5.41) is 7.42. The lowest BCUT2D eigenvalue weighted by atomic mass is 10.1. The molecule has 0 spiro atoms. The lowest BCUT2D eigenvalue weighted by molar-refractivity contribution is -0.153. The Labute approximate surface area is 129 Å². The monoisotopic (exact) mass is 304 g/mol. The van der Waals surface area contributed by atoms with Crippen LogP contribution in [0.2, 0.25) is 0 Å². The second kappa shape index (κ2) is 6.00. The van der Waals surface area contributed by atoms with E-state index in [0.29, 0.717) is 31.1 Å². The number of carbonyl (C=O) groups excluding carboxylic acids is 2. The Morgan fingerprint density at radius 2 is 2.23 bits per heavy atom. The summed E-state index contributed by atoms with van der Waals surface area (Å²) < 4.78 is 5.63. The van der Waals surface area contributed by atoms with Crippen molar-refractivity contribution in [3.8, 4) is 0 Å². The maximum Gasteiger partial charge on any atom is 0.255 e. The number of morpholine rings is 1. The lowest BCUT2D eigenvalue weighted by Gasteiger charge is -2.37. The Kier molecular flexibility index (Phi) is 4.06. The number of aromatic nitrogens is 2. The van der Waals surface area contributed by atoms with E-state index in [2.05, 4.69) is 24.0 Å². The van der Waals surface area contributed by atoms with Gasteiger partial charge >= 0.3 is 0 Å². The van der Waals surface area contributed by atoms with Gasteiger partial charge in [-0.05, 0) is 12.0 Å². The number of nitrogens with zero attached hydrogens (tertiary/aromatic N) is 4. The largest absolute Gasteiger partial charge is 0.364 e. The van der Waals surface area contributed by atoms with Crippen LogP contribution in [0.3, 0.4) is 0 Å². The number of likely N-dealkylation sites (tertiary alicyclic amines) is 1. The highest BCUT2D eigenvalue weighted by molar-refractivity contribution is 5.94. The number of ether oxygens (including phenoxy) is 1. The number of hydrogen-bond donors (Lipinski definition) is 0. The lowest BCUT2D eigenvalue weighted by Crippen LogP contribution is -2.55. The highest BCUT2D eigenvalue weighted by Gasteiger charge is 2.44. The van der Waals surface area contributed by atoms with Crippen LogP contribution < -0.4 is 0 Å². The highest BCUT2D eigenvalue weighted by atomic mass is 16.5. The topological polar surface area (TPSA) is 75.6 Å². The van der Waals surface area contributed by atoms with Gasteiger partial charge in [0.05, 0.1) is 30.1 Å². The predicted molar refractivity (Wildman–Crippen MR) is 78.0 cm³/mol. The van der Waals surface area contributed by atoms with Gasteiger partial charge in [-0.3, -0.25) is 9.59 Å². The first-order valence-electron chi connectivity index (χ1n) is 7.53. The van der Waals surface area contributed by atoms with E-state index in [0.717, 1.165) is 0 Å². The predicted octanol–water partition coefficient (Wildman–Crippen LogP) is 0.184. The minimum absolute atomic E-state index is 0.00910. The van der Waals surface area contributed by atoms with Crippen molar-refractivity contribution >= 4 is 11.8 Å². The van der Waals surface area contributed by atoms with Gasteiger partial charge in [0.1, 0.15) is 6.61 Å². The van der Waals surface area contributed by atoms with Crippen LogP contribution in [0.25, 0.3) is 0 Å². The summed E-state index contributed by atoms with van der Waals surface area (Å²) in [6.45, 7) is 5.98. The first kappa shape index (κ1) is 14.9. The van der Waals surface area contributed by atoms with Crippen molar-refractivity contribution < 1.29 is 14.3 Å². The van der Waals surface area contributed by atoms with Crippen LogP contribution >= 0.6 is 0 Å². The first-order chi connectivity index (χ1) is 10.6. The van der Waals surface area contributed by atoms with Gasteiger partial charge in [0.25, 0.3) is 5.91 Å². The molecule has 0 radical (unpaired) electrons. The first-order valence-corrected chi connectivity index (χ1v) is 7.53. The molecule has 2 saturated heterocycles. The molecule has 1 aromatic rings. The number of amides is 2. The average molecular weight is 304 g/mol. The second-order valence-electron chi connectivity index (χ2n) is 6.20. The standard InChI is InChI=1S/C15H20N4O3/c1-10(2)6-19-12-7-18(8-13(12)22-9-14(19)20)15(21)11-3-4-16-17-5-11/h3-5,10,12-13H,6-9H2,1-2H3/t12-,13-/m1/s1. The van der Waals surface area contributed by atoms with Crippen LogP contribution in [0.4, 0.5) is 0 Å².